The molecule has 0 aromatic carbocycles. The van der Waals surface area contributed by atoms with E-state index < -0.39 is 241 Å². The molecule has 0 N–H and O–H groups in total. The molecule has 0 saturated heterocycles. The van der Waals surface area contributed by atoms with E-state index in [4.69, 9.17) is 0 Å². The summed E-state index contributed by atoms with van der Waals surface area (Å²) in [4.78, 5) is 2.75. The number of alkyl halides is 1. The van der Waals surface area contributed by atoms with E-state index in [1.807, 2.05) is 0 Å². The van der Waals surface area contributed by atoms with Crippen LogP contribution < -0.4 is 0 Å². The van der Waals surface area contributed by atoms with Crippen molar-refractivity contribution in [1.29, 1.82) is 0 Å². The summed E-state index contributed by atoms with van der Waals surface area (Å²) in [5.74, 6) is 0. The molecule has 0 spiro atoms. The summed E-state index contributed by atoms with van der Waals surface area (Å²) in [6.45, 7) is 0. The Morgan fingerprint density at radius 1 is 0.129 bits per heavy atom. The van der Waals surface area contributed by atoms with Crippen molar-refractivity contribution in [2.24, 2.45) is 0 Å². The molecule has 0 aromatic rings. The second-order valence-electron chi connectivity index (χ2n) is 5.04. The van der Waals surface area contributed by atoms with E-state index in [-0.39, 0.29) is 0 Å². The van der Waals surface area contributed by atoms with Crippen molar-refractivity contribution >= 4 is 818 Å². The second kappa shape index (κ2) is 63.7. The standard InChI is InChI=1S/CH3I61/c1-33(2)35(5)37(7)39(9)41(11)43(13)45(15)47(17)49(19)51(21)53(23)55(25)57(27)59(29)61(31)62(32)60(30)58(28)56(26)54(24)52(22)50(20)48(18)46(16)44(14)42(12)40(10)38(8)36(6)34(3)4/h1H3. The van der Waals surface area contributed by atoms with Gasteiger partial charge in [-0.1, -0.05) is 0 Å². The van der Waals surface area contributed by atoms with Gasteiger partial charge in [0.05, 0.1) is 0 Å². The van der Waals surface area contributed by atoms with E-state index in [9.17, 15) is 0 Å². The monoisotopic (exact) mass is 7760 g/mol. The van der Waals surface area contributed by atoms with Crippen LogP contribution in [0.2, 0.25) is 0 Å². The molecule has 0 amide bonds. The third-order valence-electron chi connectivity index (χ3n) is 2.43. The van der Waals surface area contributed by atoms with Gasteiger partial charge in [0, 0.05) is 0 Å². The van der Waals surface area contributed by atoms with E-state index in [1.165, 1.54) is 0 Å². The Morgan fingerprint density at radius 2 is 0.210 bits per heavy atom. The summed E-state index contributed by atoms with van der Waals surface area (Å²) in [6.07, 6.45) is 0. The van der Waals surface area contributed by atoms with Crippen LogP contribution in [0.25, 0.3) is 0 Å². The first-order chi connectivity index (χ1) is 28.1. The van der Waals surface area contributed by atoms with E-state index in [1.54, 1.807) is 0 Å². The molecular weight excluding hydrogens is 7750 g/mol. The molecule has 62 heavy (non-hydrogen) atoms. The average molecular weight is 7760 g/mol. The number of hydrogen-bond donors (Lipinski definition) is 0. The molecule has 0 fully saturated rings. The number of hydrogen-bond acceptors (Lipinski definition) is 0. The molecule has 0 aliphatic rings. The Labute approximate surface area is 773 Å². The van der Waals surface area contributed by atoms with Crippen LogP contribution in [0, 0.1) is 0 Å². The minimum atomic E-state index is -0.607. The molecule has 0 aliphatic heterocycles. The van der Waals surface area contributed by atoms with Crippen molar-refractivity contribution in [2.75, 3.05) is 4.93 Å². The molecule has 0 nitrogen and oxygen atoms in total. The summed E-state index contributed by atoms with van der Waals surface area (Å²) in [6, 6.07) is 0. The molecule has 434 valence electrons. The normalized spacial score (nSPS) is 19.0. The van der Waals surface area contributed by atoms with Crippen molar-refractivity contribution in [2.45, 2.75) is 0 Å². The van der Waals surface area contributed by atoms with Crippen LogP contribution in [0.4, 0.5) is 0 Å². The van der Waals surface area contributed by atoms with Crippen molar-refractivity contribution in [1.82, 2.24) is 0 Å². The maximum absolute atomic E-state index is 3.42. The van der Waals surface area contributed by atoms with Gasteiger partial charge in [0.25, 0.3) is 0 Å². The predicted molar refractivity (Wildman–Crippen MR) is 861 cm³/mol. The summed E-state index contributed by atoms with van der Waals surface area (Å²) in [5, 5.41) is 0. The second-order valence-corrected chi connectivity index (χ2v) is 1450. The van der Waals surface area contributed by atoms with Crippen LogP contribution in [0.5, 0.6) is 0 Å². The topological polar surface area (TPSA) is 0 Å². The molecular formula is CH3I61. The van der Waals surface area contributed by atoms with E-state index >= 15 is 0 Å². The summed E-state index contributed by atoms with van der Waals surface area (Å²) < 4.78 is 0. The maximum atomic E-state index is 3.42. The Bertz CT molecular complexity index is 1080. The van der Waals surface area contributed by atoms with Gasteiger partial charge in [0.1, 0.15) is 0 Å². The van der Waals surface area contributed by atoms with Gasteiger partial charge in [0.2, 0.25) is 0 Å². The summed E-state index contributed by atoms with van der Waals surface area (Å²) >= 11 is 102. The molecule has 0 rings (SSSR count). The van der Waals surface area contributed by atoms with Gasteiger partial charge in [0.15, 0.2) is 0 Å². The quantitative estimate of drug-likeness (QED) is 0.0517. The van der Waals surface area contributed by atoms with Gasteiger partial charge in [-0.25, -0.2) is 0 Å². The Morgan fingerprint density at radius 3 is 0.290 bits per heavy atom. The molecule has 0 aromatic heterocycles. The zero-order valence-electron chi connectivity index (χ0n) is 24.1. The fourth-order valence-corrected chi connectivity index (χ4v) is 11600. The van der Waals surface area contributed by atoms with E-state index in [0.717, 1.165) is 0 Å². The fraction of sp³-hybridized carbons (Fsp3) is 1.00. The van der Waals surface area contributed by atoms with Gasteiger partial charge >= 0.3 is 823 Å². The van der Waals surface area contributed by atoms with Crippen molar-refractivity contribution in [3.05, 3.63) is 0 Å². The zero-order valence-corrected chi connectivity index (χ0v) is 156. The van der Waals surface area contributed by atoms with E-state index in [0.29, 0.717) is 0 Å². The first-order valence-corrected chi connectivity index (χ1v) is 388. The molecule has 0 unspecified atom stereocenters. The number of halogens is 61. The van der Waals surface area contributed by atoms with Crippen molar-refractivity contribution < 1.29 is 0 Å². The van der Waals surface area contributed by atoms with Crippen LogP contribution in [-0.4, -0.2) is 4.93 Å². The first-order valence-electron chi connectivity index (χ1n) is 8.95. The van der Waals surface area contributed by atoms with Gasteiger partial charge in [-0.2, -0.15) is 0 Å². The van der Waals surface area contributed by atoms with Gasteiger partial charge in [-0.3, -0.25) is 0 Å². The third-order valence-corrected chi connectivity index (χ3v) is 4740. The SMILES string of the molecule is CI(I)I(I)I(I)I(I)I(I)I(I)I(I)I(I)I(I)I(I)I(I)I(I)I(I)I(I)I(I)I(I)I(I)I(I)I(I)I(I)I(I)I(I)I(I)I(I)I(I)I(I)I(I)I(I)I(I)I(I)I. The Kier molecular flexibility index (Phi) is 109. The van der Waals surface area contributed by atoms with Crippen LogP contribution in [0.15, 0.2) is 0 Å². The van der Waals surface area contributed by atoms with E-state index in [2.05, 4.69) is 582 Å². The first kappa shape index (κ1) is 107. The Balaban J connectivity index is 5.69. The van der Waals surface area contributed by atoms with Crippen LogP contribution in [0.1, 0.15) is 0 Å². The third kappa shape index (κ3) is 43.5. The zero-order chi connectivity index (χ0) is 49.3. The van der Waals surface area contributed by atoms with Crippen LogP contribution >= 0.6 is 818 Å². The Hall–Kier alpha value is 44.5. The predicted octanol–water partition coefficient (Wildman–Crippen LogP) is 54.2. The molecule has 0 radical (unpaired) electrons. The molecule has 61 heteroatoms. The minimum absolute atomic E-state index is 0.461. The molecule has 0 saturated carbocycles. The number of rotatable bonds is 29. The van der Waals surface area contributed by atoms with Crippen molar-refractivity contribution in [3.63, 3.8) is 0 Å². The molecule has 0 bridgehead atoms. The summed E-state index contributed by atoms with van der Waals surface area (Å²) in [7, 11) is -16.3. The van der Waals surface area contributed by atoms with Gasteiger partial charge < -0.3 is 0 Å². The van der Waals surface area contributed by atoms with Gasteiger partial charge in [-0.15, -0.1) is 0 Å². The average Bonchev–Trinajstić information content (AvgIpc) is 3.26. The molecule has 0 heterocycles. The van der Waals surface area contributed by atoms with Crippen LogP contribution in [-0.2, 0) is 0 Å². The molecule has 0 atom stereocenters. The van der Waals surface area contributed by atoms with Crippen molar-refractivity contribution in [3.8, 4) is 0 Å². The fourth-order valence-electron chi connectivity index (χ4n) is 0.889. The van der Waals surface area contributed by atoms with Crippen LogP contribution in [0.3, 0.4) is 0 Å². The molecule has 0 aliphatic carbocycles. The summed E-state index contributed by atoms with van der Waals surface area (Å²) in [5.41, 5.74) is 0. The van der Waals surface area contributed by atoms with Gasteiger partial charge in [-0.05, 0) is 0 Å².